The van der Waals surface area contributed by atoms with Crippen LogP contribution in [0.1, 0.15) is 5.56 Å². The van der Waals surface area contributed by atoms with Gasteiger partial charge in [-0.3, -0.25) is 9.48 Å². The molecular weight excluding hydrogens is 411 g/mol. The molecule has 3 rings (SSSR count). The van der Waals surface area contributed by atoms with Crippen molar-refractivity contribution in [3.05, 3.63) is 68.7 Å². The van der Waals surface area contributed by atoms with Crippen molar-refractivity contribution in [1.82, 2.24) is 19.6 Å². The van der Waals surface area contributed by atoms with Crippen LogP contribution in [0.25, 0.3) is 0 Å². The van der Waals surface area contributed by atoms with Crippen LogP contribution in [0.4, 0.5) is 16.0 Å². The third-order valence-corrected chi connectivity index (χ3v) is 3.93. The smallest absolute Gasteiger partial charge is 0.358 e. The molecule has 0 unspecified atom stereocenters. The van der Waals surface area contributed by atoms with Gasteiger partial charge in [-0.2, -0.15) is 9.78 Å². The van der Waals surface area contributed by atoms with Gasteiger partial charge in [0.1, 0.15) is 12.4 Å². The standard InChI is InChI=1S/C15H12BrFN6O3/c16-12-8-22(7-10-1-3-11(17)4-2-10)20-15(12)18-14(24)9-21-6-5-13(19-21)23(25)26/h1-6,8H,7,9H2,(H,18,20,24). The topological polar surface area (TPSA) is 108 Å². The fourth-order valence-corrected chi connectivity index (χ4v) is 2.61. The third kappa shape index (κ3) is 4.30. The SMILES string of the molecule is O=C(Cn1ccc([N+](=O)[O-])n1)Nc1nn(Cc2ccc(F)cc2)cc1Br. The molecule has 0 spiro atoms. The third-order valence-electron chi connectivity index (χ3n) is 3.35. The van der Waals surface area contributed by atoms with Crippen LogP contribution in [-0.2, 0) is 17.9 Å². The summed E-state index contributed by atoms with van der Waals surface area (Å²) in [4.78, 5) is 22.0. The van der Waals surface area contributed by atoms with Crippen LogP contribution in [0.2, 0.25) is 0 Å². The summed E-state index contributed by atoms with van der Waals surface area (Å²) >= 11 is 3.31. The number of carbonyl (C=O) groups excluding carboxylic acids is 1. The lowest BCUT2D eigenvalue weighted by Gasteiger charge is -2.02. The van der Waals surface area contributed by atoms with E-state index in [1.165, 1.54) is 24.4 Å². The Morgan fingerprint density at radius 2 is 1.96 bits per heavy atom. The van der Waals surface area contributed by atoms with Crippen LogP contribution in [-0.4, -0.2) is 30.4 Å². The number of halogens is 2. The van der Waals surface area contributed by atoms with Crippen LogP contribution < -0.4 is 5.32 Å². The van der Waals surface area contributed by atoms with Gasteiger partial charge in [0.25, 0.3) is 0 Å². The second-order valence-corrected chi connectivity index (χ2v) is 6.18. The van der Waals surface area contributed by atoms with E-state index in [-0.39, 0.29) is 18.2 Å². The van der Waals surface area contributed by atoms with Gasteiger partial charge < -0.3 is 15.4 Å². The molecule has 3 aromatic rings. The Kier molecular flexibility index (Phi) is 5.07. The number of nitrogens with one attached hydrogen (secondary N) is 1. The van der Waals surface area contributed by atoms with Crippen molar-refractivity contribution in [3.63, 3.8) is 0 Å². The van der Waals surface area contributed by atoms with Crippen LogP contribution >= 0.6 is 15.9 Å². The molecule has 0 aliphatic rings. The molecule has 1 amide bonds. The average Bonchev–Trinajstić information content (AvgIpc) is 3.17. The quantitative estimate of drug-likeness (QED) is 0.485. The normalized spacial score (nSPS) is 10.7. The van der Waals surface area contributed by atoms with E-state index in [9.17, 15) is 19.3 Å². The molecule has 0 radical (unpaired) electrons. The Morgan fingerprint density at radius 3 is 2.62 bits per heavy atom. The zero-order valence-electron chi connectivity index (χ0n) is 13.2. The lowest BCUT2D eigenvalue weighted by molar-refractivity contribution is -0.389. The Labute approximate surface area is 154 Å². The van der Waals surface area contributed by atoms with Crippen molar-refractivity contribution in [2.45, 2.75) is 13.1 Å². The van der Waals surface area contributed by atoms with Crippen molar-refractivity contribution in [2.24, 2.45) is 0 Å². The summed E-state index contributed by atoms with van der Waals surface area (Å²) in [6, 6.07) is 7.22. The molecule has 2 aromatic heterocycles. The Hall–Kier alpha value is -3.08. The summed E-state index contributed by atoms with van der Waals surface area (Å²) < 4.78 is 16.3. The van der Waals surface area contributed by atoms with E-state index in [2.05, 4.69) is 31.4 Å². The molecule has 0 fully saturated rings. The molecular formula is C15H12BrFN6O3. The van der Waals surface area contributed by atoms with Gasteiger partial charge in [-0.05, 0) is 38.5 Å². The number of nitro groups is 1. The summed E-state index contributed by atoms with van der Waals surface area (Å²) in [6.07, 6.45) is 3.03. The predicted octanol–water partition coefficient (Wildman–Crippen LogP) is 2.58. The van der Waals surface area contributed by atoms with E-state index in [0.717, 1.165) is 10.2 Å². The zero-order valence-corrected chi connectivity index (χ0v) is 14.8. The fourth-order valence-electron chi connectivity index (χ4n) is 2.19. The van der Waals surface area contributed by atoms with E-state index >= 15 is 0 Å². The second-order valence-electron chi connectivity index (χ2n) is 5.33. The van der Waals surface area contributed by atoms with Crippen molar-refractivity contribution in [3.8, 4) is 0 Å². The second kappa shape index (κ2) is 7.44. The van der Waals surface area contributed by atoms with Gasteiger partial charge in [0, 0.05) is 6.20 Å². The predicted molar refractivity (Wildman–Crippen MR) is 92.9 cm³/mol. The van der Waals surface area contributed by atoms with Gasteiger partial charge in [-0.25, -0.2) is 4.39 Å². The number of rotatable bonds is 6. The number of hydrogen-bond acceptors (Lipinski definition) is 5. The minimum Gasteiger partial charge on any atom is -0.358 e. The maximum absolute atomic E-state index is 12.9. The summed E-state index contributed by atoms with van der Waals surface area (Å²) in [5, 5.41) is 21.1. The minimum atomic E-state index is -0.637. The number of benzene rings is 1. The van der Waals surface area contributed by atoms with Crippen LogP contribution in [0, 0.1) is 15.9 Å². The zero-order chi connectivity index (χ0) is 18.7. The van der Waals surface area contributed by atoms with Crippen molar-refractivity contribution >= 4 is 33.5 Å². The summed E-state index contributed by atoms with van der Waals surface area (Å²) in [7, 11) is 0. The van der Waals surface area contributed by atoms with Crippen LogP contribution in [0.5, 0.6) is 0 Å². The number of carbonyl (C=O) groups is 1. The van der Waals surface area contributed by atoms with Gasteiger partial charge in [0.15, 0.2) is 5.82 Å². The highest BCUT2D eigenvalue weighted by molar-refractivity contribution is 9.10. The van der Waals surface area contributed by atoms with E-state index < -0.39 is 10.8 Å². The molecule has 0 saturated carbocycles. The van der Waals surface area contributed by atoms with Gasteiger partial charge >= 0.3 is 5.82 Å². The molecule has 9 nitrogen and oxygen atoms in total. The monoisotopic (exact) mass is 422 g/mol. The summed E-state index contributed by atoms with van der Waals surface area (Å²) in [6.45, 7) is 0.213. The Bertz CT molecular complexity index is 953. The highest BCUT2D eigenvalue weighted by Gasteiger charge is 2.15. The minimum absolute atomic E-state index is 0.189. The van der Waals surface area contributed by atoms with Crippen LogP contribution in [0.3, 0.4) is 0 Å². The summed E-state index contributed by atoms with van der Waals surface area (Å²) in [5.41, 5.74) is 0.850. The van der Waals surface area contributed by atoms with E-state index in [1.54, 1.807) is 23.0 Å². The van der Waals surface area contributed by atoms with Gasteiger partial charge in [-0.15, -0.1) is 0 Å². The molecule has 0 aliphatic heterocycles. The maximum Gasteiger partial charge on any atom is 0.389 e. The van der Waals surface area contributed by atoms with Crippen LogP contribution in [0.15, 0.2) is 47.2 Å². The first-order valence-electron chi connectivity index (χ1n) is 7.36. The lowest BCUT2D eigenvalue weighted by Crippen LogP contribution is -2.19. The first-order chi connectivity index (χ1) is 12.4. The molecule has 1 N–H and O–H groups in total. The number of hydrogen-bond donors (Lipinski definition) is 1. The van der Waals surface area contributed by atoms with E-state index in [0.29, 0.717) is 16.8 Å². The molecule has 2 heterocycles. The lowest BCUT2D eigenvalue weighted by atomic mass is 10.2. The summed E-state index contributed by atoms with van der Waals surface area (Å²) in [5.74, 6) is -0.778. The van der Waals surface area contributed by atoms with Gasteiger partial charge in [0.05, 0.1) is 28.4 Å². The molecule has 0 atom stereocenters. The molecule has 11 heteroatoms. The van der Waals surface area contributed by atoms with Crippen molar-refractivity contribution < 1.29 is 14.1 Å². The number of aromatic nitrogens is 4. The van der Waals surface area contributed by atoms with Crippen molar-refractivity contribution in [2.75, 3.05) is 5.32 Å². The maximum atomic E-state index is 12.9. The van der Waals surface area contributed by atoms with Gasteiger partial charge in [0.2, 0.25) is 5.91 Å². The molecule has 1 aromatic carbocycles. The number of anilines is 1. The highest BCUT2D eigenvalue weighted by Crippen LogP contribution is 2.21. The number of nitrogens with zero attached hydrogens (tertiary/aromatic N) is 5. The van der Waals surface area contributed by atoms with Gasteiger partial charge in [-0.1, -0.05) is 12.1 Å². The first-order valence-corrected chi connectivity index (χ1v) is 8.15. The molecule has 26 heavy (non-hydrogen) atoms. The van der Waals surface area contributed by atoms with Crippen molar-refractivity contribution in [1.29, 1.82) is 0 Å². The molecule has 0 saturated heterocycles. The van der Waals surface area contributed by atoms with E-state index in [4.69, 9.17) is 0 Å². The highest BCUT2D eigenvalue weighted by atomic mass is 79.9. The fraction of sp³-hybridized carbons (Fsp3) is 0.133. The van der Waals surface area contributed by atoms with E-state index in [1.807, 2.05) is 0 Å². The average molecular weight is 423 g/mol. The Morgan fingerprint density at radius 1 is 1.23 bits per heavy atom. The Balaban J connectivity index is 1.63. The largest absolute Gasteiger partial charge is 0.389 e. The molecule has 0 aliphatic carbocycles. The molecule has 0 bridgehead atoms. The number of amides is 1. The first kappa shape index (κ1) is 17.7. The molecule has 134 valence electrons.